The zero-order valence-corrected chi connectivity index (χ0v) is 16.9. The van der Waals surface area contributed by atoms with Crippen LogP contribution in [0.4, 0.5) is 5.82 Å². The normalized spacial score (nSPS) is 14.0. The molecule has 4 aromatic rings. The third-order valence-corrected chi connectivity index (χ3v) is 6.28. The molecule has 0 radical (unpaired) electrons. The molecule has 4 heterocycles. The molecule has 4 aromatic heterocycles. The SMILES string of the molecule is Cc1sc2nc(-c3cccnc3)nc(NCc3nc(C4CC4)nn3C)c2c1C. The average Bonchev–Trinajstić information content (AvgIpc) is 3.43. The largest absolute Gasteiger partial charge is 0.362 e. The smallest absolute Gasteiger partial charge is 0.164 e. The first-order valence-corrected chi connectivity index (χ1v) is 10.2. The number of hydrogen-bond donors (Lipinski definition) is 1. The van der Waals surface area contributed by atoms with E-state index in [0.29, 0.717) is 18.3 Å². The average molecular weight is 392 g/mol. The van der Waals surface area contributed by atoms with Crippen molar-refractivity contribution in [2.45, 2.75) is 39.2 Å². The van der Waals surface area contributed by atoms with Gasteiger partial charge in [-0.05, 0) is 44.4 Å². The Morgan fingerprint density at radius 1 is 1.21 bits per heavy atom. The van der Waals surface area contributed by atoms with E-state index in [1.54, 1.807) is 23.7 Å². The molecule has 8 heteroatoms. The Bertz CT molecular complexity index is 1160. The van der Waals surface area contributed by atoms with Gasteiger partial charge in [0.15, 0.2) is 11.6 Å². The summed E-state index contributed by atoms with van der Waals surface area (Å²) in [5.74, 6) is 3.94. The lowest BCUT2D eigenvalue weighted by atomic mass is 10.2. The van der Waals surface area contributed by atoms with Gasteiger partial charge in [0.1, 0.15) is 16.5 Å². The lowest BCUT2D eigenvalue weighted by Gasteiger charge is -2.09. The van der Waals surface area contributed by atoms with Crippen LogP contribution in [-0.2, 0) is 13.6 Å². The van der Waals surface area contributed by atoms with Crippen molar-refractivity contribution in [2.75, 3.05) is 5.32 Å². The van der Waals surface area contributed by atoms with Crippen molar-refractivity contribution in [3.63, 3.8) is 0 Å². The van der Waals surface area contributed by atoms with Crippen LogP contribution < -0.4 is 5.32 Å². The van der Waals surface area contributed by atoms with E-state index >= 15 is 0 Å². The number of rotatable bonds is 5. The second-order valence-corrected chi connectivity index (χ2v) is 8.44. The third-order valence-electron chi connectivity index (χ3n) is 5.17. The van der Waals surface area contributed by atoms with Gasteiger partial charge in [-0.2, -0.15) is 5.10 Å². The Morgan fingerprint density at radius 2 is 2.07 bits per heavy atom. The summed E-state index contributed by atoms with van der Waals surface area (Å²) in [5.41, 5.74) is 2.13. The number of fused-ring (bicyclic) bond motifs is 1. The van der Waals surface area contributed by atoms with E-state index in [1.165, 1.54) is 23.3 Å². The van der Waals surface area contributed by atoms with Crippen molar-refractivity contribution in [2.24, 2.45) is 7.05 Å². The Morgan fingerprint density at radius 3 is 2.82 bits per heavy atom. The van der Waals surface area contributed by atoms with Gasteiger partial charge in [-0.1, -0.05) is 0 Å². The van der Waals surface area contributed by atoms with Crippen molar-refractivity contribution < 1.29 is 0 Å². The Hall–Kier alpha value is -2.87. The Labute approximate surface area is 166 Å². The van der Waals surface area contributed by atoms with E-state index in [-0.39, 0.29) is 0 Å². The second-order valence-electron chi connectivity index (χ2n) is 7.24. The lowest BCUT2D eigenvalue weighted by Crippen LogP contribution is -2.09. The summed E-state index contributed by atoms with van der Waals surface area (Å²) in [4.78, 5) is 20.8. The van der Waals surface area contributed by atoms with Gasteiger partial charge in [0.05, 0.1) is 11.9 Å². The summed E-state index contributed by atoms with van der Waals surface area (Å²) in [6, 6.07) is 3.88. The molecule has 0 saturated heterocycles. The quantitative estimate of drug-likeness (QED) is 0.554. The monoisotopic (exact) mass is 391 g/mol. The fraction of sp³-hybridized carbons (Fsp3) is 0.350. The molecule has 1 aliphatic rings. The van der Waals surface area contributed by atoms with Gasteiger partial charge >= 0.3 is 0 Å². The van der Waals surface area contributed by atoms with Gasteiger partial charge in [0, 0.05) is 35.8 Å². The van der Waals surface area contributed by atoms with E-state index in [0.717, 1.165) is 33.2 Å². The molecule has 5 rings (SSSR count). The molecule has 7 nitrogen and oxygen atoms in total. The number of aromatic nitrogens is 6. The van der Waals surface area contributed by atoms with Crippen LogP contribution in [-0.4, -0.2) is 29.7 Å². The zero-order chi connectivity index (χ0) is 19.3. The van der Waals surface area contributed by atoms with Crippen molar-refractivity contribution in [1.29, 1.82) is 0 Å². The van der Waals surface area contributed by atoms with Crippen LogP contribution in [0, 0.1) is 13.8 Å². The van der Waals surface area contributed by atoms with Gasteiger partial charge in [0.25, 0.3) is 0 Å². The minimum absolute atomic E-state index is 0.546. The number of hydrogen-bond acceptors (Lipinski definition) is 7. The number of pyridine rings is 1. The molecule has 142 valence electrons. The number of thiophene rings is 1. The zero-order valence-electron chi connectivity index (χ0n) is 16.1. The number of aryl methyl sites for hydroxylation is 3. The summed E-state index contributed by atoms with van der Waals surface area (Å²) in [6.45, 7) is 4.82. The maximum Gasteiger partial charge on any atom is 0.164 e. The van der Waals surface area contributed by atoms with Crippen molar-refractivity contribution in [1.82, 2.24) is 29.7 Å². The third kappa shape index (κ3) is 3.03. The maximum absolute atomic E-state index is 4.83. The number of anilines is 1. The van der Waals surface area contributed by atoms with Crippen molar-refractivity contribution >= 4 is 27.4 Å². The van der Waals surface area contributed by atoms with E-state index in [9.17, 15) is 0 Å². The molecular formula is C20H21N7S. The molecule has 1 aliphatic carbocycles. The molecule has 28 heavy (non-hydrogen) atoms. The van der Waals surface area contributed by atoms with Crippen LogP contribution in [0.3, 0.4) is 0 Å². The predicted octanol–water partition coefficient (Wildman–Crippen LogP) is 3.99. The minimum Gasteiger partial charge on any atom is -0.362 e. The van der Waals surface area contributed by atoms with E-state index in [1.807, 2.05) is 23.9 Å². The van der Waals surface area contributed by atoms with Gasteiger partial charge < -0.3 is 5.32 Å². The van der Waals surface area contributed by atoms with Crippen LogP contribution in [0.15, 0.2) is 24.5 Å². The molecule has 0 spiro atoms. The fourth-order valence-corrected chi connectivity index (χ4v) is 4.30. The maximum atomic E-state index is 4.83. The van der Waals surface area contributed by atoms with Crippen LogP contribution >= 0.6 is 11.3 Å². The first kappa shape index (κ1) is 17.2. The molecule has 0 amide bonds. The highest BCUT2D eigenvalue weighted by molar-refractivity contribution is 7.18. The Kier molecular flexibility index (Phi) is 4.08. The molecular weight excluding hydrogens is 370 g/mol. The van der Waals surface area contributed by atoms with E-state index in [2.05, 4.69) is 29.2 Å². The summed E-state index contributed by atoms with van der Waals surface area (Å²) in [6.07, 6.45) is 5.95. The second kappa shape index (κ2) is 6.63. The van der Waals surface area contributed by atoms with E-state index < -0.39 is 0 Å². The fourth-order valence-electron chi connectivity index (χ4n) is 3.27. The summed E-state index contributed by atoms with van der Waals surface area (Å²) < 4.78 is 1.87. The van der Waals surface area contributed by atoms with Crippen LogP contribution in [0.5, 0.6) is 0 Å². The Balaban J connectivity index is 1.53. The summed E-state index contributed by atoms with van der Waals surface area (Å²) >= 11 is 1.70. The molecule has 0 aromatic carbocycles. The number of nitrogens with one attached hydrogen (secondary N) is 1. The molecule has 0 atom stereocenters. The highest BCUT2D eigenvalue weighted by Crippen LogP contribution is 2.38. The first-order chi connectivity index (χ1) is 13.6. The summed E-state index contributed by atoms with van der Waals surface area (Å²) in [5, 5.41) is 9.14. The molecule has 0 bridgehead atoms. The predicted molar refractivity (Wildman–Crippen MR) is 110 cm³/mol. The molecule has 1 fully saturated rings. The standard InChI is InChI=1S/C20H21N7S/c1-11-12(2)28-20-16(11)19(24-17(25-20)14-5-4-8-21-9-14)22-10-15-23-18(13-6-7-13)26-27(15)3/h4-5,8-9,13H,6-7,10H2,1-3H3,(H,22,24,25). The van der Waals surface area contributed by atoms with Gasteiger partial charge in [-0.25, -0.2) is 15.0 Å². The van der Waals surface area contributed by atoms with Crippen molar-refractivity contribution in [3.8, 4) is 11.4 Å². The van der Waals surface area contributed by atoms with Crippen LogP contribution in [0.25, 0.3) is 21.6 Å². The topological polar surface area (TPSA) is 81.4 Å². The van der Waals surface area contributed by atoms with Crippen molar-refractivity contribution in [3.05, 3.63) is 46.6 Å². The molecule has 1 saturated carbocycles. The van der Waals surface area contributed by atoms with Crippen LogP contribution in [0.1, 0.15) is 40.8 Å². The molecule has 0 unspecified atom stereocenters. The van der Waals surface area contributed by atoms with Gasteiger partial charge in [-0.15, -0.1) is 11.3 Å². The highest BCUT2D eigenvalue weighted by atomic mass is 32.1. The van der Waals surface area contributed by atoms with E-state index in [4.69, 9.17) is 15.0 Å². The minimum atomic E-state index is 0.546. The lowest BCUT2D eigenvalue weighted by molar-refractivity contribution is 0.702. The van der Waals surface area contributed by atoms with Crippen LogP contribution in [0.2, 0.25) is 0 Å². The molecule has 1 N–H and O–H groups in total. The first-order valence-electron chi connectivity index (χ1n) is 9.42. The van der Waals surface area contributed by atoms with Gasteiger partial charge in [-0.3, -0.25) is 9.67 Å². The highest BCUT2D eigenvalue weighted by Gasteiger charge is 2.28. The number of nitrogens with zero attached hydrogens (tertiary/aromatic N) is 6. The summed E-state index contributed by atoms with van der Waals surface area (Å²) in [7, 11) is 1.95. The van der Waals surface area contributed by atoms with Gasteiger partial charge in [0.2, 0.25) is 0 Å². The molecule has 0 aliphatic heterocycles.